The van der Waals surface area contributed by atoms with E-state index >= 15 is 0 Å². The number of rotatable bonds is 5. The van der Waals surface area contributed by atoms with Crippen LogP contribution in [0.4, 0.5) is 5.69 Å². The van der Waals surface area contributed by atoms with E-state index in [-0.39, 0.29) is 11.5 Å². The molecule has 0 radical (unpaired) electrons. The third-order valence-electron chi connectivity index (χ3n) is 4.44. The first-order valence-corrected chi connectivity index (χ1v) is 10.2. The van der Waals surface area contributed by atoms with E-state index in [1.807, 2.05) is 12.1 Å². The molecule has 1 fully saturated rings. The van der Waals surface area contributed by atoms with E-state index in [1.165, 1.54) is 0 Å². The van der Waals surface area contributed by atoms with Crippen LogP contribution in [0, 0.1) is 0 Å². The van der Waals surface area contributed by atoms with Gasteiger partial charge >= 0.3 is 0 Å². The monoisotopic (exact) mass is 380 g/mol. The highest BCUT2D eigenvalue weighted by molar-refractivity contribution is 7.91. The molecule has 0 aromatic heterocycles. The number of hydrogen-bond acceptors (Lipinski definition) is 5. The Kier molecular flexibility index (Phi) is 5.51. The van der Waals surface area contributed by atoms with Crippen molar-refractivity contribution < 1.29 is 13.5 Å². The third-order valence-corrected chi connectivity index (χ3v) is 6.40. The molecule has 1 heterocycles. The van der Waals surface area contributed by atoms with Crippen molar-refractivity contribution in [3.8, 4) is 5.75 Å². The van der Waals surface area contributed by atoms with Crippen molar-refractivity contribution in [3.05, 3.63) is 53.6 Å². The van der Waals surface area contributed by atoms with Crippen LogP contribution in [0.5, 0.6) is 5.75 Å². The Morgan fingerprint density at radius 3 is 2.12 bits per heavy atom. The largest absolute Gasteiger partial charge is 0.508 e. The highest BCUT2D eigenvalue weighted by Crippen LogP contribution is 2.20. The molecule has 0 spiro atoms. The zero-order valence-electron chi connectivity index (χ0n) is 13.8. The topological polar surface area (TPSA) is 60.9 Å². The Bertz CT molecular complexity index is 799. The van der Waals surface area contributed by atoms with E-state index in [1.54, 1.807) is 36.4 Å². The summed E-state index contributed by atoms with van der Waals surface area (Å²) in [7, 11) is -3.29. The van der Waals surface area contributed by atoms with Gasteiger partial charge in [-0.25, -0.2) is 8.42 Å². The summed E-state index contributed by atoms with van der Waals surface area (Å²) in [6.45, 7) is 3.83. The molecule has 1 aliphatic heterocycles. The Balaban J connectivity index is 1.52. The van der Waals surface area contributed by atoms with Crippen LogP contribution in [-0.2, 0) is 9.84 Å². The smallest absolute Gasteiger partial charge is 0.179 e. The summed E-state index contributed by atoms with van der Waals surface area (Å²) in [6, 6.07) is 13.5. The summed E-state index contributed by atoms with van der Waals surface area (Å²) < 4.78 is 24.8. The number of phenols is 1. The minimum absolute atomic E-state index is 0.105. The van der Waals surface area contributed by atoms with E-state index in [0.29, 0.717) is 16.5 Å². The van der Waals surface area contributed by atoms with Crippen LogP contribution in [0.15, 0.2) is 53.4 Å². The SMILES string of the molecule is O=S(=O)(CCN1CCN(c2ccc(O)cc2)CC1)c1ccc(Cl)cc1. The number of halogens is 1. The number of phenolic OH excluding ortho intramolecular Hbond substituents is 1. The molecule has 1 N–H and O–H groups in total. The fraction of sp³-hybridized carbons (Fsp3) is 0.333. The number of aromatic hydroxyl groups is 1. The molecule has 2 aromatic carbocycles. The molecule has 1 saturated heterocycles. The lowest BCUT2D eigenvalue weighted by Crippen LogP contribution is -2.47. The lowest BCUT2D eigenvalue weighted by molar-refractivity contribution is 0.272. The summed E-state index contributed by atoms with van der Waals surface area (Å²) in [6.07, 6.45) is 0. The summed E-state index contributed by atoms with van der Waals surface area (Å²) in [5.74, 6) is 0.364. The second-order valence-electron chi connectivity index (χ2n) is 6.12. The van der Waals surface area contributed by atoms with Crippen molar-refractivity contribution in [3.63, 3.8) is 0 Å². The number of benzene rings is 2. The average Bonchev–Trinajstić information content (AvgIpc) is 2.62. The molecule has 3 rings (SSSR count). The lowest BCUT2D eigenvalue weighted by Gasteiger charge is -2.36. The van der Waals surface area contributed by atoms with E-state index in [4.69, 9.17) is 11.6 Å². The molecule has 25 heavy (non-hydrogen) atoms. The normalized spacial score (nSPS) is 16.1. The summed E-state index contributed by atoms with van der Waals surface area (Å²) in [5, 5.41) is 9.89. The fourth-order valence-electron chi connectivity index (χ4n) is 2.90. The van der Waals surface area contributed by atoms with Crippen LogP contribution in [-0.4, -0.2) is 56.9 Å². The minimum atomic E-state index is -3.29. The third kappa shape index (κ3) is 4.66. The molecular weight excluding hydrogens is 360 g/mol. The van der Waals surface area contributed by atoms with Gasteiger partial charge in [0.1, 0.15) is 5.75 Å². The molecule has 134 valence electrons. The van der Waals surface area contributed by atoms with Crippen molar-refractivity contribution >= 4 is 27.1 Å². The van der Waals surface area contributed by atoms with Gasteiger partial charge in [0.05, 0.1) is 10.6 Å². The minimum Gasteiger partial charge on any atom is -0.508 e. The van der Waals surface area contributed by atoms with E-state index in [0.717, 1.165) is 31.9 Å². The molecule has 1 aliphatic rings. The van der Waals surface area contributed by atoms with Gasteiger partial charge in [-0.15, -0.1) is 0 Å². The molecule has 7 heteroatoms. The Labute approximate surface area is 153 Å². The maximum atomic E-state index is 12.4. The van der Waals surface area contributed by atoms with Crippen LogP contribution in [0.25, 0.3) is 0 Å². The molecule has 0 aliphatic carbocycles. The predicted octanol–water partition coefficient (Wildman–Crippen LogP) is 2.64. The van der Waals surface area contributed by atoms with Gasteiger partial charge in [-0.3, -0.25) is 4.90 Å². The van der Waals surface area contributed by atoms with E-state index in [9.17, 15) is 13.5 Å². The van der Waals surface area contributed by atoms with Crippen LogP contribution >= 0.6 is 11.6 Å². The van der Waals surface area contributed by atoms with Crippen molar-refractivity contribution in [1.29, 1.82) is 0 Å². The maximum Gasteiger partial charge on any atom is 0.179 e. The second-order valence-corrected chi connectivity index (χ2v) is 8.66. The van der Waals surface area contributed by atoms with Gasteiger partial charge in [0.2, 0.25) is 0 Å². The van der Waals surface area contributed by atoms with Gasteiger partial charge in [0.15, 0.2) is 9.84 Å². The van der Waals surface area contributed by atoms with Gasteiger partial charge < -0.3 is 10.0 Å². The average molecular weight is 381 g/mol. The first-order valence-electron chi connectivity index (χ1n) is 8.19. The van der Waals surface area contributed by atoms with E-state index < -0.39 is 9.84 Å². The highest BCUT2D eigenvalue weighted by Gasteiger charge is 2.20. The van der Waals surface area contributed by atoms with E-state index in [2.05, 4.69) is 9.80 Å². The predicted molar refractivity (Wildman–Crippen MR) is 100 cm³/mol. The van der Waals surface area contributed by atoms with Gasteiger partial charge in [0, 0.05) is 43.4 Å². The van der Waals surface area contributed by atoms with Gasteiger partial charge in [0.25, 0.3) is 0 Å². The van der Waals surface area contributed by atoms with Gasteiger partial charge in [-0.2, -0.15) is 0 Å². The lowest BCUT2D eigenvalue weighted by atomic mass is 10.2. The zero-order valence-corrected chi connectivity index (χ0v) is 15.4. The highest BCUT2D eigenvalue weighted by atomic mass is 35.5. The standard InChI is InChI=1S/C18H21ClN2O3S/c19-15-1-7-18(8-2-15)25(23,24)14-13-20-9-11-21(12-10-20)16-3-5-17(22)6-4-16/h1-8,22H,9-14H2. The molecule has 5 nitrogen and oxygen atoms in total. The Morgan fingerprint density at radius 2 is 1.52 bits per heavy atom. The molecule has 0 atom stereocenters. The fourth-order valence-corrected chi connectivity index (χ4v) is 4.31. The number of hydrogen-bond donors (Lipinski definition) is 1. The molecule has 0 amide bonds. The molecule has 0 bridgehead atoms. The van der Waals surface area contributed by atoms with Crippen molar-refractivity contribution in [1.82, 2.24) is 4.90 Å². The molecule has 2 aromatic rings. The van der Waals surface area contributed by atoms with Crippen molar-refractivity contribution in [2.75, 3.05) is 43.4 Å². The number of piperazine rings is 1. The number of nitrogens with zero attached hydrogens (tertiary/aromatic N) is 2. The van der Waals surface area contributed by atoms with Gasteiger partial charge in [-0.05, 0) is 48.5 Å². The summed E-state index contributed by atoms with van der Waals surface area (Å²) >= 11 is 5.81. The van der Waals surface area contributed by atoms with Crippen LogP contribution in [0.1, 0.15) is 0 Å². The first kappa shape index (κ1) is 18.0. The van der Waals surface area contributed by atoms with Gasteiger partial charge in [-0.1, -0.05) is 11.6 Å². The quantitative estimate of drug-likeness (QED) is 0.864. The molecular formula is C18H21ClN2O3S. The number of sulfone groups is 1. The second kappa shape index (κ2) is 7.64. The maximum absolute atomic E-state index is 12.4. The van der Waals surface area contributed by atoms with Crippen molar-refractivity contribution in [2.45, 2.75) is 4.90 Å². The van der Waals surface area contributed by atoms with Crippen molar-refractivity contribution in [2.24, 2.45) is 0 Å². The van der Waals surface area contributed by atoms with Crippen LogP contribution < -0.4 is 4.90 Å². The van der Waals surface area contributed by atoms with Crippen LogP contribution in [0.3, 0.4) is 0 Å². The number of anilines is 1. The molecule has 0 saturated carbocycles. The summed E-state index contributed by atoms with van der Waals surface area (Å²) in [5.41, 5.74) is 1.08. The van der Waals surface area contributed by atoms with Crippen LogP contribution in [0.2, 0.25) is 5.02 Å². The molecule has 0 unspecified atom stereocenters. The zero-order chi connectivity index (χ0) is 17.9. The Hall–Kier alpha value is -1.76. The Morgan fingerprint density at radius 1 is 0.920 bits per heavy atom. The summed E-state index contributed by atoms with van der Waals surface area (Å²) in [4.78, 5) is 4.73. The first-order chi connectivity index (χ1) is 11.9.